The van der Waals surface area contributed by atoms with Crippen LogP contribution >= 0.6 is 12.2 Å². The van der Waals surface area contributed by atoms with Crippen LogP contribution in [0.2, 0.25) is 0 Å². The van der Waals surface area contributed by atoms with Crippen molar-refractivity contribution in [3.8, 4) is 22.5 Å². The molecule has 0 amide bonds. The van der Waals surface area contributed by atoms with Gasteiger partial charge in [0, 0.05) is 23.9 Å². The molecule has 2 aromatic heterocycles. The molecule has 0 spiro atoms. The summed E-state index contributed by atoms with van der Waals surface area (Å²) >= 11 is 5.01. The second-order valence-corrected chi connectivity index (χ2v) is 6.97. The second-order valence-electron chi connectivity index (χ2n) is 6.74. The molecule has 1 N–H and O–H groups in total. The zero-order valence-corrected chi connectivity index (χ0v) is 16.9. The molecule has 0 unspecified atom stereocenters. The van der Waals surface area contributed by atoms with Crippen molar-refractivity contribution in [2.24, 2.45) is 0 Å². The Kier molecular flexibility index (Phi) is 5.81. The highest BCUT2D eigenvalue weighted by atomic mass is 32.1. The zero-order chi connectivity index (χ0) is 20.1. The van der Waals surface area contributed by atoms with Gasteiger partial charge in [-0.05, 0) is 28.3 Å². The average molecular weight is 404 g/mol. The van der Waals surface area contributed by atoms with E-state index in [9.17, 15) is 0 Å². The van der Waals surface area contributed by atoms with Gasteiger partial charge in [-0.1, -0.05) is 74.1 Å². The number of aromatic nitrogens is 7. The summed E-state index contributed by atoms with van der Waals surface area (Å²) in [5.41, 5.74) is 4.28. The average Bonchev–Trinajstić information content (AvgIpc) is 3.43. The molecule has 29 heavy (non-hydrogen) atoms. The third-order valence-corrected chi connectivity index (χ3v) is 4.94. The maximum absolute atomic E-state index is 5.01. The van der Waals surface area contributed by atoms with Gasteiger partial charge in [0.15, 0.2) is 5.82 Å². The number of thiocarbonyl (C=S) groups is 1. The van der Waals surface area contributed by atoms with Gasteiger partial charge in [-0.3, -0.25) is 0 Å². The van der Waals surface area contributed by atoms with Crippen molar-refractivity contribution in [1.29, 1.82) is 0 Å². The standard InChI is InChI=1S/C21H21N7S/c1-2-3-12-28-20(22-19(14-29)25-28)13-15-8-10-16(11-9-15)17-6-4-5-7-18(17)21-23-26-27-24-21/h4-11,14H,2-3,12-13H2,1H3,(H,23,24,26,27). The predicted molar refractivity (Wildman–Crippen MR) is 116 cm³/mol. The predicted octanol–water partition coefficient (Wildman–Crippen LogP) is 3.86. The number of hydrogen-bond donors (Lipinski definition) is 1. The minimum absolute atomic E-state index is 0.585. The minimum atomic E-state index is 0.585. The number of nitrogens with zero attached hydrogens (tertiary/aromatic N) is 6. The molecule has 0 aliphatic carbocycles. The lowest BCUT2D eigenvalue weighted by Gasteiger charge is -2.09. The molecule has 4 rings (SSSR count). The first kappa shape index (κ1) is 19.1. The SMILES string of the molecule is CCCCn1nc(C=S)nc1Cc1ccc(-c2ccccc2-c2nn[nH]n2)cc1. The molecule has 0 saturated heterocycles. The van der Waals surface area contributed by atoms with Gasteiger partial charge in [-0.25, -0.2) is 9.67 Å². The Labute approximate surface area is 174 Å². The van der Waals surface area contributed by atoms with Gasteiger partial charge in [0.2, 0.25) is 5.82 Å². The highest BCUT2D eigenvalue weighted by Crippen LogP contribution is 2.29. The van der Waals surface area contributed by atoms with Gasteiger partial charge >= 0.3 is 0 Å². The van der Waals surface area contributed by atoms with Crippen molar-refractivity contribution in [1.82, 2.24) is 35.4 Å². The quantitative estimate of drug-likeness (QED) is 0.450. The summed E-state index contributed by atoms with van der Waals surface area (Å²) < 4.78 is 1.97. The lowest BCUT2D eigenvalue weighted by Crippen LogP contribution is -2.06. The summed E-state index contributed by atoms with van der Waals surface area (Å²) in [5.74, 6) is 2.13. The van der Waals surface area contributed by atoms with E-state index in [-0.39, 0.29) is 0 Å². The number of unbranched alkanes of at least 4 members (excludes halogenated alkanes) is 1. The maximum Gasteiger partial charge on any atom is 0.205 e. The Morgan fingerprint density at radius 2 is 1.86 bits per heavy atom. The molecule has 0 atom stereocenters. The number of H-pyrrole nitrogens is 1. The van der Waals surface area contributed by atoms with Crippen molar-refractivity contribution in [3.05, 3.63) is 65.7 Å². The van der Waals surface area contributed by atoms with E-state index in [4.69, 9.17) is 12.2 Å². The third-order valence-electron chi connectivity index (χ3n) is 4.73. The molecule has 8 heteroatoms. The fraction of sp³-hybridized carbons (Fsp3) is 0.238. The van der Waals surface area contributed by atoms with E-state index < -0.39 is 0 Å². The Balaban J connectivity index is 1.59. The topological polar surface area (TPSA) is 85.2 Å². The molecular formula is C21H21N7S. The van der Waals surface area contributed by atoms with Crippen LogP contribution in [0.15, 0.2) is 48.5 Å². The van der Waals surface area contributed by atoms with Crippen LogP contribution in [-0.2, 0) is 13.0 Å². The van der Waals surface area contributed by atoms with Crippen molar-refractivity contribution >= 4 is 17.6 Å². The van der Waals surface area contributed by atoms with Gasteiger partial charge in [-0.2, -0.15) is 10.3 Å². The number of tetrazole rings is 1. The molecule has 0 radical (unpaired) electrons. The largest absolute Gasteiger partial charge is 0.249 e. The van der Waals surface area contributed by atoms with Gasteiger partial charge in [0.25, 0.3) is 0 Å². The van der Waals surface area contributed by atoms with E-state index in [1.165, 1.54) is 10.9 Å². The number of rotatable bonds is 8. The molecule has 2 aromatic carbocycles. The number of aryl methyl sites for hydroxylation is 1. The Hall–Kier alpha value is -3.26. The van der Waals surface area contributed by atoms with Gasteiger partial charge in [0.05, 0.1) is 0 Å². The summed E-state index contributed by atoms with van der Waals surface area (Å²) in [6.45, 7) is 3.03. The van der Waals surface area contributed by atoms with Crippen molar-refractivity contribution < 1.29 is 0 Å². The summed E-state index contributed by atoms with van der Waals surface area (Å²) in [7, 11) is 0. The molecule has 4 aromatic rings. The first-order valence-corrected chi connectivity index (χ1v) is 10.1. The van der Waals surface area contributed by atoms with E-state index in [1.54, 1.807) is 0 Å². The molecule has 0 aliphatic heterocycles. The second kappa shape index (κ2) is 8.83. The van der Waals surface area contributed by atoms with Crippen LogP contribution in [0.5, 0.6) is 0 Å². The van der Waals surface area contributed by atoms with Gasteiger partial charge < -0.3 is 0 Å². The van der Waals surface area contributed by atoms with Crippen molar-refractivity contribution in [2.45, 2.75) is 32.7 Å². The van der Waals surface area contributed by atoms with E-state index >= 15 is 0 Å². The van der Waals surface area contributed by atoms with Crippen molar-refractivity contribution in [3.63, 3.8) is 0 Å². The van der Waals surface area contributed by atoms with Crippen LogP contribution in [0.25, 0.3) is 22.5 Å². The van der Waals surface area contributed by atoms with Crippen LogP contribution < -0.4 is 0 Å². The van der Waals surface area contributed by atoms with E-state index in [0.29, 0.717) is 18.1 Å². The lowest BCUT2D eigenvalue weighted by atomic mass is 9.98. The molecule has 0 fully saturated rings. The fourth-order valence-electron chi connectivity index (χ4n) is 3.25. The summed E-state index contributed by atoms with van der Waals surface area (Å²) in [5, 5.41) is 20.4. The fourth-order valence-corrected chi connectivity index (χ4v) is 3.35. The van der Waals surface area contributed by atoms with E-state index in [2.05, 4.69) is 68.0 Å². The van der Waals surface area contributed by atoms with Crippen molar-refractivity contribution in [2.75, 3.05) is 0 Å². The van der Waals surface area contributed by atoms with E-state index in [0.717, 1.165) is 41.9 Å². The molecule has 0 aliphatic rings. The number of hydrogen-bond acceptors (Lipinski definition) is 6. The molecule has 2 heterocycles. The Morgan fingerprint density at radius 1 is 1.07 bits per heavy atom. The molecule has 7 nitrogen and oxygen atoms in total. The van der Waals surface area contributed by atoms with Gasteiger partial charge in [-0.15, -0.1) is 10.2 Å². The molecule has 146 valence electrons. The maximum atomic E-state index is 5.01. The smallest absolute Gasteiger partial charge is 0.205 e. The van der Waals surface area contributed by atoms with Crippen LogP contribution in [0.1, 0.15) is 37.0 Å². The highest BCUT2D eigenvalue weighted by molar-refractivity contribution is 7.79. The first-order valence-electron chi connectivity index (χ1n) is 9.59. The normalized spacial score (nSPS) is 10.9. The molecule has 0 bridgehead atoms. The Bertz CT molecular complexity index is 1080. The minimum Gasteiger partial charge on any atom is -0.249 e. The zero-order valence-electron chi connectivity index (χ0n) is 16.1. The highest BCUT2D eigenvalue weighted by Gasteiger charge is 2.12. The monoisotopic (exact) mass is 403 g/mol. The third kappa shape index (κ3) is 4.27. The Morgan fingerprint density at radius 3 is 2.55 bits per heavy atom. The van der Waals surface area contributed by atoms with Crippen LogP contribution in [-0.4, -0.2) is 40.8 Å². The van der Waals surface area contributed by atoms with E-state index in [1.807, 2.05) is 22.9 Å². The summed E-state index contributed by atoms with van der Waals surface area (Å²) in [6, 6.07) is 16.5. The number of benzene rings is 2. The number of aromatic amines is 1. The summed E-state index contributed by atoms with van der Waals surface area (Å²) in [6.07, 6.45) is 2.90. The molecule has 0 saturated carbocycles. The summed E-state index contributed by atoms with van der Waals surface area (Å²) in [4.78, 5) is 4.57. The lowest BCUT2D eigenvalue weighted by molar-refractivity contribution is 0.549. The van der Waals surface area contributed by atoms with Crippen LogP contribution in [0.4, 0.5) is 0 Å². The number of nitrogens with one attached hydrogen (secondary N) is 1. The first-order chi connectivity index (χ1) is 14.3. The molecular weight excluding hydrogens is 382 g/mol. The van der Waals surface area contributed by atoms with Crippen LogP contribution in [0.3, 0.4) is 0 Å². The van der Waals surface area contributed by atoms with Gasteiger partial charge in [0.1, 0.15) is 5.82 Å². The van der Waals surface area contributed by atoms with Crippen LogP contribution in [0, 0.1) is 0 Å².